The van der Waals surface area contributed by atoms with Gasteiger partial charge in [-0.3, -0.25) is 14.9 Å². The predicted octanol–water partition coefficient (Wildman–Crippen LogP) is 5.28. The molecule has 5 aromatic heterocycles. The van der Waals surface area contributed by atoms with Crippen LogP contribution in [0, 0.1) is 6.92 Å². The van der Waals surface area contributed by atoms with E-state index in [2.05, 4.69) is 60.6 Å². The van der Waals surface area contributed by atoms with Gasteiger partial charge in [-0.1, -0.05) is 36.8 Å². The lowest BCUT2D eigenvalue weighted by atomic mass is 10.0. The van der Waals surface area contributed by atoms with E-state index >= 15 is 0 Å². The van der Waals surface area contributed by atoms with Crippen molar-refractivity contribution in [1.29, 1.82) is 0 Å². The number of nitrogens with zero attached hydrogens (tertiary/aromatic N) is 5. The highest BCUT2D eigenvalue weighted by molar-refractivity contribution is 5.97. The number of anilines is 1. The number of imidazole rings is 1. The summed E-state index contributed by atoms with van der Waals surface area (Å²) in [6.45, 7) is 3.87. The molecule has 1 amide bonds. The van der Waals surface area contributed by atoms with Gasteiger partial charge in [0.2, 0.25) is 5.91 Å². The Morgan fingerprint density at radius 3 is 2.67 bits per heavy atom. The Hall–Kier alpha value is -4.92. The number of benzene rings is 1. The minimum Gasteiger partial charge on any atom is -0.335 e. The molecular formula is C27H22N8O. The van der Waals surface area contributed by atoms with Crippen molar-refractivity contribution in [3.63, 3.8) is 0 Å². The summed E-state index contributed by atoms with van der Waals surface area (Å²) >= 11 is 0. The van der Waals surface area contributed by atoms with Crippen LogP contribution >= 0.6 is 0 Å². The molecule has 0 atom stereocenters. The number of aromatic amines is 2. The molecule has 0 saturated carbocycles. The highest BCUT2D eigenvalue weighted by Crippen LogP contribution is 2.32. The summed E-state index contributed by atoms with van der Waals surface area (Å²) in [4.78, 5) is 33.2. The average molecular weight is 475 g/mol. The Morgan fingerprint density at radius 2 is 1.86 bits per heavy atom. The van der Waals surface area contributed by atoms with Crippen molar-refractivity contribution in [2.45, 2.75) is 20.3 Å². The van der Waals surface area contributed by atoms with Crippen molar-refractivity contribution in [2.75, 3.05) is 5.32 Å². The number of aryl methyl sites for hydroxylation is 1. The molecule has 6 aromatic rings. The molecule has 6 rings (SSSR count). The lowest BCUT2D eigenvalue weighted by Gasteiger charge is -2.05. The molecule has 0 aliphatic heterocycles. The molecule has 5 heterocycles. The Balaban J connectivity index is 1.40. The number of pyridine rings is 3. The number of rotatable bonds is 5. The number of hydrogen-bond acceptors (Lipinski definition) is 6. The molecular weight excluding hydrogens is 452 g/mol. The first kappa shape index (κ1) is 21.6. The molecule has 0 spiro atoms. The minimum atomic E-state index is -0.0760. The van der Waals surface area contributed by atoms with Gasteiger partial charge in [-0.15, -0.1) is 0 Å². The van der Waals surface area contributed by atoms with E-state index in [0.29, 0.717) is 23.7 Å². The van der Waals surface area contributed by atoms with Crippen LogP contribution in [0.4, 0.5) is 5.82 Å². The van der Waals surface area contributed by atoms with E-state index < -0.39 is 0 Å². The maximum atomic E-state index is 11.6. The van der Waals surface area contributed by atoms with Gasteiger partial charge in [0.05, 0.1) is 22.6 Å². The molecule has 0 fully saturated rings. The smallest absolute Gasteiger partial charge is 0.225 e. The van der Waals surface area contributed by atoms with Crippen LogP contribution in [0.15, 0.2) is 67.3 Å². The zero-order valence-corrected chi connectivity index (χ0v) is 19.7. The van der Waals surface area contributed by atoms with E-state index in [4.69, 9.17) is 4.98 Å². The SMILES string of the molecule is CCC(=O)Nc1ccc(-c2cnc3n[nH]c(-c4nc5c(-c6cccc(C)c6)cncc5[nH]4)c3c2)cn1. The second kappa shape index (κ2) is 8.70. The van der Waals surface area contributed by atoms with Crippen LogP contribution in [-0.4, -0.2) is 41.0 Å². The predicted molar refractivity (Wildman–Crippen MR) is 139 cm³/mol. The lowest BCUT2D eigenvalue weighted by molar-refractivity contribution is -0.115. The van der Waals surface area contributed by atoms with Crippen LogP contribution in [0.3, 0.4) is 0 Å². The number of nitrogens with one attached hydrogen (secondary N) is 3. The van der Waals surface area contributed by atoms with E-state index in [1.807, 2.05) is 24.4 Å². The van der Waals surface area contributed by atoms with E-state index in [9.17, 15) is 4.79 Å². The molecule has 0 aliphatic carbocycles. The van der Waals surface area contributed by atoms with Crippen molar-refractivity contribution >= 4 is 33.8 Å². The number of amides is 1. The first-order valence-corrected chi connectivity index (χ1v) is 11.6. The fraction of sp³-hybridized carbons (Fsp3) is 0.111. The molecule has 9 heteroatoms. The van der Waals surface area contributed by atoms with Crippen LogP contribution < -0.4 is 5.32 Å². The molecule has 0 saturated heterocycles. The van der Waals surface area contributed by atoms with Crippen LogP contribution in [0.5, 0.6) is 0 Å². The zero-order chi connectivity index (χ0) is 24.6. The van der Waals surface area contributed by atoms with Gasteiger partial charge in [0.25, 0.3) is 0 Å². The Bertz CT molecular complexity index is 1730. The third-order valence-electron chi connectivity index (χ3n) is 6.06. The van der Waals surface area contributed by atoms with Crippen LogP contribution in [-0.2, 0) is 4.79 Å². The number of carbonyl (C=O) groups excluding carboxylic acids is 1. The summed E-state index contributed by atoms with van der Waals surface area (Å²) < 4.78 is 0. The maximum Gasteiger partial charge on any atom is 0.225 e. The monoisotopic (exact) mass is 474 g/mol. The fourth-order valence-electron chi connectivity index (χ4n) is 4.18. The number of fused-ring (bicyclic) bond motifs is 2. The van der Waals surface area contributed by atoms with Gasteiger partial charge < -0.3 is 10.3 Å². The van der Waals surface area contributed by atoms with Crippen molar-refractivity contribution in [3.8, 4) is 33.8 Å². The molecule has 0 radical (unpaired) electrons. The number of carbonyl (C=O) groups is 1. The summed E-state index contributed by atoms with van der Waals surface area (Å²) in [5.41, 5.74) is 7.96. The largest absolute Gasteiger partial charge is 0.335 e. The molecule has 0 bridgehead atoms. The molecule has 176 valence electrons. The maximum absolute atomic E-state index is 11.6. The molecule has 3 N–H and O–H groups in total. The second-order valence-corrected chi connectivity index (χ2v) is 8.57. The quantitative estimate of drug-likeness (QED) is 0.312. The molecule has 0 unspecified atom stereocenters. The molecule has 1 aromatic carbocycles. The van der Waals surface area contributed by atoms with E-state index in [1.54, 1.807) is 31.6 Å². The second-order valence-electron chi connectivity index (χ2n) is 8.57. The van der Waals surface area contributed by atoms with Crippen LogP contribution in [0.2, 0.25) is 0 Å². The van der Waals surface area contributed by atoms with Gasteiger partial charge in [0, 0.05) is 41.7 Å². The number of H-pyrrole nitrogens is 2. The van der Waals surface area contributed by atoms with Crippen molar-refractivity contribution in [2.24, 2.45) is 0 Å². The van der Waals surface area contributed by atoms with Crippen LogP contribution in [0.1, 0.15) is 18.9 Å². The molecule has 9 nitrogen and oxygen atoms in total. The summed E-state index contributed by atoms with van der Waals surface area (Å²) in [6, 6.07) is 14.0. The highest BCUT2D eigenvalue weighted by atomic mass is 16.1. The topological polar surface area (TPSA) is 125 Å². The van der Waals surface area contributed by atoms with Gasteiger partial charge in [-0.25, -0.2) is 15.0 Å². The van der Waals surface area contributed by atoms with Crippen molar-refractivity contribution in [1.82, 2.24) is 35.1 Å². The van der Waals surface area contributed by atoms with Gasteiger partial charge in [-0.05, 0) is 30.7 Å². The van der Waals surface area contributed by atoms with Gasteiger partial charge in [-0.2, -0.15) is 5.10 Å². The third-order valence-corrected chi connectivity index (χ3v) is 6.06. The lowest BCUT2D eigenvalue weighted by Crippen LogP contribution is -2.10. The summed E-state index contributed by atoms with van der Waals surface area (Å²) in [6.07, 6.45) is 7.49. The summed E-state index contributed by atoms with van der Waals surface area (Å²) in [5, 5.41) is 11.1. The summed E-state index contributed by atoms with van der Waals surface area (Å²) in [5.74, 6) is 1.10. The molecule has 36 heavy (non-hydrogen) atoms. The van der Waals surface area contributed by atoms with Gasteiger partial charge >= 0.3 is 0 Å². The Morgan fingerprint density at radius 1 is 0.972 bits per heavy atom. The number of aromatic nitrogens is 7. The van der Waals surface area contributed by atoms with E-state index in [-0.39, 0.29) is 5.91 Å². The summed E-state index contributed by atoms with van der Waals surface area (Å²) in [7, 11) is 0. The minimum absolute atomic E-state index is 0.0760. The Kier molecular flexibility index (Phi) is 5.22. The Labute approximate surface area is 206 Å². The normalized spacial score (nSPS) is 11.3. The zero-order valence-electron chi connectivity index (χ0n) is 19.7. The van der Waals surface area contributed by atoms with Crippen molar-refractivity contribution in [3.05, 3.63) is 72.8 Å². The van der Waals surface area contributed by atoms with E-state index in [1.165, 1.54) is 5.56 Å². The van der Waals surface area contributed by atoms with Crippen molar-refractivity contribution < 1.29 is 4.79 Å². The van der Waals surface area contributed by atoms with E-state index in [0.717, 1.165) is 44.4 Å². The van der Waals surface area contributed by atoms with Gasteiger partial charge in [0.1, 0.15) is 11.5 Å². The molecule has 0 aliphatic rings. The van der Waals surface area contributed by atoms with Crippen LogP contribution in [0.25, 0.3) is 55.8 Å². The fourth-order valence-corrected chi connectivity index (χ4v) is 4.18. The standard InChI is InChI=1S/C27H22N8O/c1-3-23(36)32-22-8-7-17(11-29-22)18-10-19-25(34-35-26(19)30-12-18)27-31-21-14-28-13-20(24(21)33-27)16-6-4-5-15(2)9-16/h4-14H,3H2,1-2H3,(H,31,33)(H,29,32,36)(H,30,34,35). The first-order chi connectivity index (χ1) is 17.6. The van der Waals surface area contributed by atoms with Gasteiger partial charge in [0.15, 0.2) is 11.5 Å². The third kappa shape index (κ3) is 3.86. The average Bonchev–Trinajstić information content (AvgIpc) is 3.52. The number of hydrogen-bond donors (Lipinski definition) is 3. The first-order valence-electron chi connectivity index (χ1n) is 11.6. The highest BCUT2D eigenvalue weighted by Gasteiger charge is 2.16.